The van der Waals surface area contributed by atoms with Crippen molar-refractivity contribution < 1.29 is 18.7 Å². The van der Waals surface area contributed by atoms with Crippen molar-refractivity contribution in [3.05, 3.63) is 77.9 Å². The quantitative estimate of drug-likeness (QED) is 0.452. The summed E-state index contributed by atoms with van der Waals surface area (Å²) < 4.78 is 26.2. The number of hydrogen-bond donors (Lipinski definition) is 1. The number of nitrogens with one attached hydrogen (secondary N) is 1. The number of benzene rings is 2. The Balaban J connectivity index is 1.76. The van der Waals surface area contributed by atoms with E-state index in [-0.39, 0.29) is 11.8 Å². The summed E-state index contributed by atoms with van der Waals surface area (Å²) in [5.41, 5.74) is 2.45. The number of hydrogen-bond acceptors (Lipinski definition) is 3. The summed E-state index contributed by atoms with van der Waals surface area (Å²) in [6.07, 6.45) is 3.81. The molecule has 2 amide bonds. The third-order valence-corrected chi connectivity index (χ3v) is 5.19. The van der Waals surface area contributed by atoms with E-state index in [4.69, 9.17) is 9.47 Å². The smallest absolute Gasteiger partial charge is 0.322 e. The van der Waals surface area contributed by atoms with E-state index < -0.39 is 0 Å². The Labute approximate surface area is 188 Å². The van der Waals surface area contributed by atoms with E-state index in [0.717, 1.165) is 24.1 Å². The molecule has 1 aromatic heterocycles. The van der Waals surface area contributed by atoms with Crippen LogP contribution in [0.25, 0.3) is 0 Å². The Morgan fingerprint density at radius 2 is 1.81 bits per heavy atom. The van der Waals surface area contributed by atoms with Crippen LogP contribution in [0.15, 0.2) is 60.8 Å². The van der Waals surface area contributed by atoms with Gasteiger partial charge in [0.25, 0.3) is 0 Å². The lowest BCUT2D eigenvalue weighted by Gasteiger charge is -2.24. The zero-order chi connectivity index (χ0) is 22.9. The molecule has 6 nitrogen and oxygen atoms in total. The van der Waals surface area contributed by atoms with Gasteiger partial charge in [-0.1, -0.05) is 25.5 Å². The van der Waals surface area contributed by atoms with Gasteiger partial charge in [-0.2, -0.15) is 0 Å². The van der Waals surface area contributed by atoms with Crippen LogP contribution in [0, 0.1) is 5.82 Å². The molecule has 0 aliphatic heterocycles. The van der Waals surface area contributed by atoms with Gasteiger partial charge in [0.05, 0.1) is 20.8 Å². The second kappa shape index (κ2) is 11.2. The molecule has 3 rings (SSSR count). The summed E-state index contributed by atoms with van der Waals surface area (Å²) in [5.74, 6) is 0.946. The molecule has 0 aliphatic rings. The number of urea groups is 1. The van der Waals surface area contributed by atoms with Crippen molar-refractivity contribution in [3.63, 3.8) is 0 Å². The Bertz CT molecular complexity index is 1010. The van der Waals surface area contributed by atoms with E-state index in [2.05, 4.69) is 12.2 Å². The maximum atomic E-state index is 13.6. The fraction of sp³-hybridized carbons (Fsp3) is 0.320. The van der Waals surface area contributed by atoms with Crippen LogP contribution >= 0.6 is 0 Å². The number of carbonyl (C=O) groups excluding carboxylic acids is 1. The minimum Gasteiger partial charge on any atom is -0.497 e. The van der Waals surface area contributed by atoms with E-state index >= 15 is 0 Å². The Hall–Kier alpha value is -3.48. The van der Waals surface area contributed by atoms with Gasteiger partial charge in [0.1, 0.15) is 17.3 Å². The average molecular weight is 440 g/mol. The molecule has 0 bridgehead atoms. The van der Waals surface area contributed by atoms with Crippen molar-refractivity contribution in [3.8, 4) is 11.5 Å². The van der Waals surface area contributed by atoms with Crippen LogP contribution in [0.2, 0.25) is 0 Å². The van der Waals surface area contributed by atoms with Gasteiger partial charge >= 0.3 is 6.03 Å². The van der Waals surface area contributed by atoms with E-state index in [0.29, 0.717) is 36.8 Å². The van der Waals surface area contributed by atoms with Gasteiger partial charge in [-0.3, -0.25) is 0 Å². The lowest BCUT2D eigenvalue weighted by atomic mass is 10.2. The van der Waals surface area contributed by atoms with Crippen LogP contribution in [-0.2, 0) is 13.1 Å². The Morgan fingerprint density at radius 1 is 1.06 bits per heavy atom. The van der Waals surface area contributed by atoms with E-state index in [9.17, 15) is 9.18 Å². The van der Waals surface area contributed by atoms with E-state index in [1.165, 1.54) is 12.1 Å². The highest BCUT2D eigenvalue weighted by Gasteiger charge is 2.17. The molecule has 170 valence electrons. The van der Waals surface area contributed by atoms with Crippen molar-refractivity contribution in [2.45, 2.75) is 32.9 Å². The second-order valence-corrected chi connectivity index (χ2v) is 7.56. The predicted octanol–water partition coefficient (Wildman–Crippen LogP) is 5.53. The molecular weight excluding hydrogens is 409 g/mol. The first-order chi connectivity index (χ1) is 15.5. The monoisotopic (exact) mass is 439 g/mol. The number of carbonyl (C=O) groups is 1. The number of anilines is 1. The molecular formula is C25H30FN3O3. The topological polar surface area (TPSA) is 55.7 Å². The number of halogens is 1. The van der Waals surface area contributed by atoms with Gasteiger partial charge in [0, 0.05) is 48.9 Å². The Kier molecular flexibility index (Phi) is 8.14. The molecule has 0 saturated heterocycles. The summed E-state index contributed by atoms with van der Waals surface area (Å²) in [6, 6.07) is 15.6. The lowest BCUT2D eigenvalue weighted by molar-refractivity contribution is 0.207. The largest absolute Gasteiger partial charge is 0.497 e. The zero-order valence-electron chi connectivity index (χ0n) is 18.8. The lowest BCUT2D eigenvalue weighted by Crippen LogP contribution is -2.36. The van der Waals surface area contributed by atoms with Crippen molar-refractivity contribution in [2.75, 3.05) is 26.1 Å². The average Bonchev–Trinajstić information content (AvgIpc) is 3.22. The number of ether oxygens (including phenoxy) is 2. The number of nitrogens with zero attached hydrogens (tertiary/aromatic N) is 2. The summed E-state index contributed by atoms with van der Waals surface area (Å²) in [5, 5.41) is 2.96. The molecule has 1 N–H and O–H groups in total. The fourth-order valence-corrected chi connectivity index (χ4v) is 3.46. The summed E-state index contributed by atoms with van der Waals surface area (Å²) >= 11 is 0. The Morgan fingerprint density at radius 3 is 2.47 bits per heavy atom. The van der Waals surface area contributed by atoms with Crippen molar-refractivity contribution in [2.24, 2.45) is 0 Å². The van der Waals surface area contributed by atoms with Crippen LogP contribution in [-0.4, -0.2) is 36.3 Å². The zero-order valence-corrected chi connectivity index (χ0v) is 18.8. The first-order valence-electron chi connectivity index (χ1n) is 10.7. The number of unbranched alkanes of at least 4 members (excludes halogenated alkanes) is 1. The minimum absolute atomic E-state index is 0.202. The molecule has 0 spiro atoms. The van der Waals surface area contributed by atoms with Crippen LogP contribution < -0.4 is 14.8 Å². The minimum atomic E-state index is -0.256. The molecule has 0 atom stereocenters. The molecule has 1 heterocycles. The van der Waals surface area contributed by atoms with Crippen LogP contribution in [0.5, 0.6) is 11.5 Å². The van der Waals surface area contributed by atoms with Crippen LogP contribution in [0.3, 0.4) is 0 Å². The highest BCUT2D eigenvalue weighted by atomic mass is 19.1. The highest BCUT2D eigenvalue weighted by Crippen LogP contribution is 2.26. The molecule has 0 saturated carbocycles. The maximum absolute atomic E-state index is 13.6. The predicted molar refractivity (Wildman–Crippen MR) is 124 cm³/mol. The summed E-state index contributed by atoms with van der Waals surface area (Å²) in [7, 11) is 3.14. The van der Waals surface area contributed by atoms with Gasteiger partial charge in [0.15, 0.2) is 0 Å². The first kappa shape index (κ1) is 23.2. The van der Waals surface area contributed by atoms with Crippen molar-refractivity contribution in [1.82, 2.24) is 9.47 Å². The number of methoxy groups -OCH3 is 2. The van der Waals surface area contributed by atoms with Crippen molar-refractivity contribution in [1.29, 1.82) is 0 Å². The van der Waals surface area contributed by atoms with Crippen LogP contribution in [0.1, 0.15) is 31.0 Å². The first-order valence-corrected chi connectivity index (χ1v) is 10.7. The number of aromatic nitrogens is 1. The SMILES string of the molecule is CCCCN(Cc1cccn1Cc1cccc(F)c1)C(=O)Nc1cc(OC)cc(OC)c1. The van der Waals surface area contributed by atoms with E-state index in [1.807, 2.05) is 29.0 Å². The molecule has 0 radical (unpaired) electrons. The summed E-state index contributed by atoms with van der Waals surface area (Å²) in [4.78, 5) is 14.9. The highest BCUT2D eigenvalue weighted by molar-refractivity contribution is 5.89. The maximum Gasteiger partial charge on any atom is 0.322 e. The van der Waals surface area contributed by atoms with Gasteiger partial charge in [-0.05, 0) is 36.2 Å². The van der Waals surface area contributed by atoms with Gasteiger partial charge < -0.3 is 24.3 Å². The third-order valence-electron chi connectivity index (χ3n) is 5.19. The molecule has 0 unspecified atom stereocenters. The van der Waals surface area contributed by atoms with Crippen molar-refractivity contribution >= 4 is 11.7 Å². The molecule has 0 fully saturated rings. The third kappa shape index (κ3) is 6.26. The molecule has 7 heteroatoms. The molecule has 2 aromatic carbocycles. The van der Waals surface area contributed by atoms with Gasteiger partial charge in [-0.25, -0.2) is 9.18 Å². The van der Waals surface area contributed by atoms with Crippen LogP contribution in [0.4, 0.5) is 14.9 Å². The van der Waals surface area contributed by atoms with Gasteiger partial charge in [-0.15, -0.1) is 0 Å². The normalized spacial score (nSPS) is 10.6. The number of rotatable bonds is 10. The van der Waals surface area contributed by atoms with Gasteiger partial charge in [0.2, 0.25) is 0 Å². The standard InChI is InChI=1S/C25H30FN3O3/c1-4-5-11-29(25(30)27-21-14-23(31-2)16-24(15-21)32-3)18-22-10-7-12-28(22)17-19-8-6-9-20(26)13-19/h6-10,12-16H,4-5,11,17-18H2,1-3H3,(H,27,30). The summed E-state index contributed by atoms with van der Waals surface area (Å²) in [6.45, 7) is 3.69. The fourth-order valence-electron chi connectivity index (χ4n) is 3.46. The number of amides is 2. The molecule has 3 aromatic rings. The van der Waals surface area contributed by atoms with E-state index in [1.54, 1.807) is 43.4 Å². The second-order valence-electron chi connectivity index (χ2n) is 7.56. The molecule has 32 heavy (non-hydrogen) atoms. The molecule has 0 aliphatic carbocycles.